The lowest BCUT2D eigenvalue weighted by molar-refractivity contribution is 0.133. The zero-order valence-electron chi connectivity index (χ0n) is 10.1. The largest absolute Gasteiger partial charge is 0.494 e. The molecule has 1 aromatic carbocycles. The molecule has 3 heteroatoms. The summed E-state index contributed by atoms with van der Waals surface area (Å²) in [5.74, 6) is 0.897. The van der Waals surface area contributed by atoms with Crippen molar-refractivity contribution in [3.63, 3.8) is 0 Å². The van der Waals surface area contributed by atoms with Gasteiger partial charge in [0.2, 0.25) is 0 Å². The van der Waals surface area contributed by atoms with Crippen LogP contribution in [0.15, 0.2) is 24.3 Å². The van der Waals surface area contributed by atoms with Crippen LogP contribution in [-0.4, -0.2) is 19.8 Å². The number of ether oxygens (including phenoxy) is 2. The highest BCUT2D eigenvalue weighted by molar-refractivity contribution is 5.29. The van der Waals surface area contributed by atoms with Crippen LogP contribution in [0.4, 0.5) is 0 Å². The third-order valence-corrected chi connectivity index (χ3v) is 2.28. The molecule has 0 fully saturated rings. The zero-order chi connectivity index (χ0) is 11.8. The fraction of sp³-hybridized carbons (Fsp3) is 0.538. The summed E-state index contributed by atoms with van der Waals surface area (Å²) in [5, 5.41) is 0. The SMILES string of the molecule is CCCOc1ccc(C(N)COCC)cc1. The minimum Gasteiger partial charge on any atom is -0.494 e. The first kappa shape index (κ1) is 13.0. The summed E-state index contributed by atoms with van der Waals surface area (Å²) in [4.78, 5) is 0. The van der Waals surface area contributed by atoms with Crippen LogP contribution in [0.25, 0.3) is 0 Å². The van der Waals surface area contributed by atoms with E-state index >= 15 is 0 Å². The van der Waals surface area contributed by atoms with Gasteiger partial charge in [-0.1, -0.05) is 19.1 Å². The molecule has 1 rings (SSSR count). The Balaban J connectivity index is 2.49. The summed E-state index contributed by atoms with van der Waals surface area (Å²) < 4.78 is 10.8. The molecule has 0 spiro atoms. The number of rotatable bonds is 7. The molecule has 1 unspecified atom stereocenters. The summed E-state index contributed by atoms with van der Waals surface area (Å²) in [6, 6.07) is 7.84. The molecular formula is C13H21NO2. The number of nitrogens with two attached hydrogens (primary N) is 1. The third-order valence-electron chi connectivity index (χ3n) is 2.28. The predicted molar refractivity (Wildman–Crippen MR) is 65.6 cm³/mol. The molecule has 1 atom stereocenters. The van der Waals surface area contributed by atoms with Crippen molar-refractivity contribution in [3.05, 3.63) is 29.8 Å². The van der Waals surface area contributed by atoms with Crippen molar-refractivity contribution in [2.45, 2.75) is 26.3 Å². The van der Waals surface area contributed by atoms with Crippen molar-refractivity contribution in [1.29, 1.82) is 0 Å². The van der Waals surface area contributed by atoms with E-state index in [0.29, 0.717) is 13.2 Å². The van der Waals surface area contributed by atoms with E-state index in [0.717, 1.165) is 24.3 Å². The van der Waals surface area contributed by atoms with E-state index in [9.17, 15) is 0 Å². The van der Waals surface area contributed by atoms with Crippen molar-refractivity contribution in [2.24, 2.45) is 5.73 Å². The highest BCUT2D eigenvalue weighted by Gasteiger charge is 2.05. The Labute approximate surface area is 97.6 Å². The lowest BCUT2D eigenvalue weighted by atomic mass is 10.1. The lowest BCUT2D eigenvalue weighted by Gasteiger charge is -2.12. The fourth-order valence-corrected chi connectivity index (χ4v) is 1.37. The van der Waals surface area contributed by atoms with Crippen molar-refractivity contribution < 1.29 is 9.47 Å². The number of hydrogen-bond donors (Lipinski definition) is 1. The highest BCUT2D eigenvalue weighted by Crippen LogP contribution is 2.16. The summed E-state index contributed by atoms with van der Waals surface area (Å²) in [6.07, 6.45) is 1.02. The minimum absolute atomic E-state index is 0.0554. The molecule has 0 saturated carbocycles. The average Bonchev–Trinajstić information content (AvgIpc) is 2.34. The molecule has 90 valence electrons. The zero-order valence-corrected chi connectivity index (χ0v) is 10.1. The van der Waals surface area contributed by atoms with Gasteiger partial charge in [-0.3, -0.25) is 0 Å². The Morgan fingerprint density at radius 2 is 1.88 bits per heavy atom. The number of hydrogen-bond acceptors (Lipinski definition) is 3. The van der Waals surface area contributed by atoms with E-state index in [1.165, 1.54) is 0 Å². The van der Waals surface area contributed by atoms with Gasteiger partial charge in [0.15, 0.2) is 0 Å². The van der Waals surface area contributed by atoms with Gasteiger partial charge in [0, 0.05) is 6.61 Å². The molecule has 0 aromatic heterocycles. The summed E-state index contributed by atoms with van der Waals surface area (Å²) in [5.41, 5.74) is 7.05. The van der Waals surface area contributed by atoms with E-state index in [1.54, 1.807) is 0 Å². The lowest BCUT2D eigenvalue weighted by Crippen LogP contribution is -2.16. The maximum absolute atomic E-state index is 5.97. The van der Waals surface area contributed by atoms with Gasteiger partial charge in [0.1, 0.15) is 5.75 Å². The fourth-order valence-electron chi connectivity index (χ4n) is 1.37. The predicted octanol–water partition coefficient (Wildman–Crippen LogP) is 2.51. The highest BCUT2D eigenvalue weighted by atomic mass is 16.5. The normalized spacial score (nSPS) is 12.4. The third kappa shape index (κ3) is 4.21. The standard InChI is InChI=1S/C13H21NO2/c1-3-9-16-12-7-5-11(6-8-12)13(14)10-15-4-2/h5-8,13H,3-4,9-10,14H2,1-2H3. The molecule has 2 N–H and O–H groups in total. The second-order valence-corrected chi connectivity index (χ2v) is 3.68. The van der Waals surface area contributed by atoms with Gasteiger partial charge in [-0.15, -0.1) is 0 Å². The monoisotopic (exact) mass is 223 g/mol. The van der Waals surface area contributed by atoms with Crippen LogP contribution in [0.5, 0.6) is 5.75 Å². The molecule has 3 nitrogen and oxygen atoms in total. The maximum atomic E-state index is 5.97. The van der Waals surface area contributed by atoms with Gasteiger partial charge in [0.25, 0.3) is 0 Å². The second-order valence-electron chi connectivity index (χ2n) is 3.68. The van der Waals surface area contributed by atoms with E-state index in [-0.39, 0.29) is 6.04 Å². The quantitative estimate of drug-likeness (QED) is 0.772. The molecule has 0 bridgehead atoms. The van der Waals surface area contributed by atoms with Crippen molar-refractivity contribution >= 4 is 0 Å². The first-order valence-electron chi connectivity index (χ1n) is 5.84. The van der Waals surface area contributed by atoms with Crippen LogP contribution >= 0.6 is 0 Å². The van der Waals surface area contributed by atoms with Crippen molar-refractivity contribution in [1.82, 2.24) is 0 Å². The Morgan fingerprint density at radius 1 is 1.19 bits per heavy atom. The average molecular weight is 223 g/mol. The van der Waals surface area contributed by atoms with E-state index in [2.05, 4.69) is 6.92 Å². The van der Waals surface area contributed by atoms with Gasteiger partial charge in [-0.2, -0.15) is 0 Å². The molecular weight excluding hydrogens is 202 g/mol. The van der Waals surface area contributed by atoms with Gasteiger partial charge in [-0.05, 0) is 31.0 Å². The van der Waals surface area contributed by atoms with Crippen molar-refractivity contribution in [2.75, 3.05) is 19.8 Å². The van der Waals surface area contributed by atoms with E-state index in [1.807, 2.05) is 31.2 Å². The van der Waals surface area contributed by atoms with E-state index in [4.69, 9.17) is 15.2 Å². The van der Waals surface area contributed by atoms with Crippen molar-refractivity contribution in [3.8, 4) is 5.75 Å². The van der Waals surface area contributed by atoms with Crippen LogP contribution in [-0.2, 0) is 4.74 Å². The molecule has 0 aliphatic rings. The molecule has 16 heavy (non-hydrogen) atoms. The first-order chi connectivity index (χ1) is 7.77. The Hall–Kier alpha value is -1.06. The Kier molecular flexibility index (Phi) is 5.90. The van der Waals surface area contributed by atoms with Crippen LogP contribution in [0.2, 0.25) is 0 Å². The summed E-state index contributed by atoms with van der Waals surface area (Å²) in [7, 11) is 0. The Morgan fingerprint density at radius 3 is 2.44 bits per heavy atom. The summed E-state index contributed by atoms with van der Waals surface area (Å²) in [6.45, 7) is 6.07. The molecule has 1 aromatic rings. The first-order valence-corrected chi connectivity index (χ1v) is 5.84. The van der Waals surface area contributed by atoms with Gasteiger partial charge in [-0.25, -0.2) is 0 Å². The van der Waals surface area contributed by atoms with Gasteiger partial charge >= 0.3 is 0 Å². The molecule has 0 aliphatic heterocycles. The van der Waals surface area contributed by atoms with Crippen LogP contribution in [0.3, 0.4) is 0 Å². The maximum Gasteiger partial charge on any atom is 0.119 e. The summed E-state index contributed by atoms with van der Waals surface area (Å²) >= 11 is 0. The second kappa shape index (κ2) is 7.25. The topological polar surface area (TPSA) is 44.5 Å². The van der Waals surface area contributed by atoms with Crippen LogP contribution in [0.1, 0.15) is 31.9 Å². The minimum atomic E-state index is -0.0554. The van der Waals surface area contributed by atoms with Crippen LogP contribution in [0, 0.1) is 0 Å². The van der Waals surface area contributed by atoms with E-state index < -0.39 is 0 Å². The molecule has 0 aliphatic carbocycles. The molecule has 0 saturated heterocycles. The smallest absolute Gasteiger partial charge is 0.119 e. The van der Waals surface area contributed by atoms with Gasteiger partial charge < -0.3 is 15.2 Å². The molecule has 0 heterocycles. The molecule has 0 amide bonds. The molecule has 0 radical (unpaired) electrons. The van der Waals surface area contributed by atoms with Gasteiger partial charge in [0.05, 0.1) is 19.3 Å². The number of benzene rings is 1. The Bertz CT molecular complexity index is 284. The van der Waals surface area contributed by atoms with Crippen LogP contribution < -0.4 is 10.5 Å².